The van der Waals surface area contributed by atoms with E-state index in [-0.39, 0.29) is 23.4 Å². The molecule has 170 valence electrons. The van der Waals surface area contributed by atoms with E-state index in [0.717, 1.165) is 23.3 Å². The molecule has 0 aromatic heterocycles. The maximum Gasteiger partial charge on any atom is 0.343 e. The van der Waals surface area contributed by atoms with Crippen molar-refractivity contribution in [3.8, 4) is 5.75 Å². The average Bonchev–Trinajstić information content (AvgIpc) is 3.27. The molecule has 33 heavy (non-hydrogen) atoms. The van der Waals surface area contributed by atoms with E-state index in [1.54, 1.807) is 30.3 Å². The number of aryl methyl sites for hydroxylation is 1. The third-order valence-electron chi connectivity index (χ3n) is 4.61. The van der Waals surface area contributed by atoms with Crippen LogP contribution in [-0.4, -0.2) is 31.6 Å². The number of fused-ring (bicyclic) bond motifs is 1. The molecule has 2 aromatic rings. The summed E-state index contributed by atoms with van der Waals surface area (Å²) >= 11 is 2.49. The Balaban J connectivity index is 1.86. The monoisotopic (exact) mass is 483 g/mol. The van der Waals surface area contributed by atoms with Gasteiger partial charge in [0.15, 0.2) is 0 Å². The van der Waals surface area contributed by atoms with E-state index >= 15 is 0 Å². The summed E-state index contributed by atoms with van der Waals surface area (Å²) in [6.45, 7) is 11.6. The number of ether oxygens (including phenoxy) is 3. The maximum atomic E-state index is 12.8. The van der Waals surface area contributed by atoms with E-state index in [1.165, 1.54) is 36.7 Å². The predicted molar refractivity (Wildman–Crippen MR) is 125 cm³/mol. The highest BCUT2D eigenvalue weighted by Crippen LogP contribution is 2.57. The molecule has 0 fully saturated rings. The van der Waals surface area contributed by atoms with Crippen molar-refractivity contribution in [1.29, 1.82) is 0 Å². The molecule has 3 rings (SSSR count). The molecular weight excluding hydrogens is 462 g/mol. The predicted octanol–water partition coefficient (Wildman–Crippen LogP) is 5.63. The lowest BCUT2D eigenvalue weighted by atomic mass is 10.1. The van der Waals surface area contributed by atoms with Crippen molar-refractivity contribution >= 4 is 41.4 Å². The minimum absolute atomic E-state index is 0.0836. The number of unbranched alkanes of at least 4 members (excludes halogenated alkanes) is 1. The van der Waals surface area contributed by atoms with Gasteiger partial charge in [0.25, 0.3) is 5.70 Å². The standard InChI is InChI=1S/C24H21NO6S2/c1-5-6-12-30-23(28)18(25-3)24-32-19-14(2)10-11-17(20(19)33-24)31-22(27)16-9-7-8-15(13-16)21(26)29-4/h7-11,13H,5-6,12H2,1-2,4H3. The van der Waals surface area contributed by atoms with Crippen LogP contribution in [0.4, 0.5) is 0 Å². The topological polar surface area (TPSA) is 83.3 Å². The lowest BCUT2D eigenvalue weighted by Crippen LogP contribution is -2.11. The average molecular weight is 484 g/mol. The van der Waals surface area contributed by atoms with Gasteiger partial charge in [0, 0.05) is 4.90 Å². The number of carbonyl (C=O) groups excluding carboxylic acids is 3. The second kappa shape index (κ2) is 11.1. The Bertz CT molecular complexity index is 1180. The Morgan fingerprint density at radius 3 is 2.39 bits per heavy atom. The van der Waals surface area contributed by atoms with Crippen LogP contribution < -0.4 is 4.74 Å². The molecule has 0 bridgehead atoms. The maximum absolute atomic E-state index is 12.8. The summed E-state index contributed by atoms with van der Waals surface area (Å²) in [6, 6.07) is 9.53. The normalized spacial score (nSPS) is 13.5. The first-order valence-electron chi connectivity index (χ1n) is 10.1. The van der Waals surface area contributed by atoms with E-state index in [2.05, 4.69) is 4.85 Å². The number of rotatable bonds is 7. The third-order valence-corrected chi connectivity index (χ3v) is 7.34. The van der Waals surface area contributed by atoms with Gasteiger partial charge in [-0.3, -0.25) is 4.79 Å². The molecule has 7 nitrogen and oxygen atoms in total. The summed E-state index contributed by atoms with van der Waals surface area (Å²) in [7, 11) is 1.26. The molecule has 2 aromatic carbocycles. The first-order valence-corrected chi connectivity index (χ1v) is 11.7. The van der Waals surface area contributed by atoms with Crippen molar-refractivity contribution in [3.05, 3.63) is 74.4 Å². The number of methoxy groups -OCH3 is 1. The Morgan fingerprint density at radius 1 is 1.03 bits per heavy atom. The highest BCUT2D eigenvalue weighted by molar-refractivity contribution is 8.24. The molecule has 0 unspecified atom stereocenters. The third kappa shape index (κ3) is 5.59. The van der Waals surface area contributed by atoms with E-state index in [4.69, 9.17) is 20.8 Å². The van der Waals surface area contributed by atoms with Gasteiger partial charge in [-0.05, 0) is 43.2 Å². The number of hydrogen-bond acceptors (Lipinski definition) is 8. The van der Waals surface area contributed by atoms with Crippen molar-refractivity contribution in [3.63, 3.8) is 0 Å². The Kier molecular flexibility index (Phi) is 8.20. The van der Waals surface area contributed by atoms with Crippen molar-refractivity contribution in [1.82, 2.24) is 0 Å². The number of esters is 3. The number of carbonyl (C=O) groups is 3. The molecule has 1 heterocycles. The van der Waals surface area contributed by atoms with Crippen molar-refractivity contribution in [2.75, 3.05) is 13.7 Å². The van der Waals surface area contributed by atoms with Crippen LogP contribution >= 0.6 is 23.5 Å². The SMILES string of the molecule is [C-]#[N+]C(C(=O)OCCCC)=C1Sc2c(C)ccc(OC(=O)c3cccc(C(=O)OC)c3)c2S1. The zero-order valence-electron chi connectivity index (χ0n) is 18.3. The highest BCUT2D eigenvalue weighted by atomic mass is 32.2. The Morgan fingerprint density at radius 2 is 1.73 bits per heavy atom. The second-order valence-corrected chi connectivity index (χ2v) is 9.24. The van der Waals surface area contributed by atoms with Crippen LogP contribution in [0, 0.1) is 13.5 Å². The van der Waals surface area contributed by atoms with E-state index in [9.17, 15) is 14.4 Å². The molecule has 0 amide bonds. The van der Waals surface area contributed by atoms with Crippen LogP contribution in [0.25, 0.3) is 4.85 Å². The zero-order valence-corrected chi connectivity index (χ0v) is 19.9. The lowest BCUT2D eigenvalue weighted by molar-refractivity contribution is -0.138. The van der Waals surface area contributed by atoms with Gasteiger partial charge >= 0.3 is 17.9 Å². The first kappa shape index (κ1) is 24.4. The summed E-state index contributed by atoms with van der Waals surface area (Å²) in [5, 5.41) is 0. The van der Waals surface area contributed by atoms with E-state index in [0.29, 0.717) is 14.9 Å². The minimum Gasteiger partial charge on any atom is -0.471 e. The zero-order chi connectivity index (χ0) is 24.0. The fourth-order valence-corrected chi connectivity index (χ4v) is 5.48. The fourth-order valence-electron chi connectivity index (χ4n) is 2.85. The van der Waals surface area contributed by atoms with Gasteiger partial charge in [0.2, 0.25) is 0 Å². The fraction of sp³-hybridized carbons (Fsp3) is 0.250. The smallest absolute Gasteiger partial charge is 0.343 e. The Hall–Kier alpha value is -3.22. The summed E-state index contributed by atoms with van der Waals surface area (Å²) in [6.07, 6.45) is 1.60. The van der Waals surface area contributed by atoms with Crippen molar-refractivity contribution in [2.24, 2.45) is 0 Å². The largest absolute Gasteiger partial charge is 0.471 e. The van der Waals surface area contributed by atoms with Gasteiger partial charge in [-0.15, -0.1) is 0 Å². The second-order valence-electron chi connectivity index (χ2n) is 6.94. The summed E-state index contributed by atoms with van der Waals surface area (Å²) < 4.78 is 16.0. The van der Waals surface area contributed by atoms with Gasteiger partial charge in [-0.25, -0.2) is 14.4 Å². The molecular formula is C24H21NO6S2. The number of hydrogen-bond donors (Lipinski definition) is 0. The number of thioether (sulfide) groups is 2. The molecule has 0 saturated heterocycles. The number of nitrogens with zero attached hydrogens (tertiary/aromatic N) is 1. The number of benzene rings is 2. The molecule has 1 aliphatic heterocycles. The van der Waals surface area contributed by atoms with Crippen molar-refractivity contribution < 1.29 is 28.6 Å². The van der Waals surface area contributed by atoms with Crippen LogP contribution in [0.1, 0.15) is 46.0 Å². The van der Waals surface area contributed by atoms with Crippen LogP contribution in [-0.2, 0) is 14.3 Å². The van der Waals surface area contributed by atoms with E-state index < -0.39 is 17.9 Å². The van der Waals surface area contributed by atoms with Crippen LogP contribution in [0.15, 0.2) is 56.1 Å². The molecule has 0 saturated carbocycles. The molecule has 0 spiro atoms. The van der Waals surface area contributed by atoms with Gasteiger partial charge < -0.3 is 14.2 Å². The Labute approximate surface area is 200 Å². The molecule has 9 heteroatoms. The van der Waals surface area contributed by atoms with Crippen LogP contribution in [0.3, 0.4) is 0 Å². The lowest BCUT2D eigenvalue weighted by Gasteiger charge is -2.10. The molecule has 0 N–H and O–H groups in total. The quantitative estimate of drug-likeness (QED) is 0.165. The summed E-state index contributed by atoms with van der Waals surface area (Å²) in [5.41, 5.74) is 1.27. The summed E-state index contributed by atoms with van der Waals surface area (Å²) in [4.78, 5) is 41.8. The first-order chi connectivity index (χ1) is 15.9. The van der Waals surface area contributed by atoms with Gasteiger partial charge in [0.05, 0.1) is 40.5 Å². The van der Waals surface area contributed by atoms with Crippen LogP contribution in [0.2, 0.25) is 0 Å². The molecule has 1 aliphatic rings. The van der Waals surface area contributed by atoms with Gasteiger partial charge in [0.1, 0.15) is 5.75 Å². The highest BCUT2D eigenvalue weighted by Gasteiger charge is 2.30. The minimum atomic E-state index is -0.655. The van der Waals surface area contributed by atoms with Crippen molar-refractivity contribution in [2.45, 2.75) is 36.5 Å². The molecule has 0 aliphatic carbocycles. The van der Waals surface area contributed by atoms with Crippen LogP contribution in [0.5, 0.6) is 5.75 Å². The summed E-state index contributed by atoms with van der Waals surface area (Å²) in [5.74, 6) is -1.54. The van der Waals surface area contributed by atoms with Gasteiger partial charge in [-0.2, -0.15) is 0 Å². The van der Waals surface area contributed by atoms with E-state index in [1.807, 2.05) is 13.8 Å². The molecule has 0 radical (unpaired) electrons. The van der Waals surface area contributed by atoms with Gasteiger partial charge in [-0.1, -0.05) is 49.0 Å². The molecule has 0 atom stereocenters.